The highest BCUT2D eigenvalue weighted by Crippen LogP contribution is 2.38. The van der Waals surface area contributed by atoms with Crippen molar-refractivity contribution in [2.24, 2.45) is 17.8 Å². The van der Waals surface area contributed by atoms with Crippen LogP contribution < -0.4 is 26.6 Å². The Kier molecular flexibility index (Phi) is 19.6. The van der Waals surface area contributed by atoms with Crippen LogP contribution in [-0.4, -0.2) is 149 Å². The minimum Gasteiger partial charge on any atom is -0.381 e. The molecule has 0 unspecified atom stereocenters. The Morgan fingerprint density at radius 1 is 0.878 bits per heavy atom. The molecule has 2 saturated carbocycles. The van der Waals surface area contributed by atoms with Gasteiger partial charge in [-0.15, -0.1) is 0 Å². The van der Waals surface area contributed by atoms with E-state index in [1.807, 2.05) is 11.0 Å². The number of aromatic nitrogens is 3. The van der Waals surface area contributed by atoms with Crippen LogP contribution in [0.3, 0.4) is 0 Å². The van der Waals surface area contributed by atoms with E-state index in [4.69, 9.17) is 4.74 Å². The smallest absolute Gasteiger partial charge is 0.381 e. The first-order chi connectivity index (χ1) is 35.5. The lowest BCUT2D eigenvalue weighted by atomic mass is 9.80. The quantitative estimate of drug-likeness (QED) is 0.0780. The van der Waals surface area contributed by atoms with E-state index in [1.165, 1.54) is 12.4 Å². The number of anilines is 1. The monoisotopic (exact) mass is 1030 g/mol. The number of amides is 6. The van der Waals surface area contributed by atoms with E-state index in [9.17, 15) is 41.9 Å². The third-order valence-corrected chi connectivity index (χ3v) is 15.5. The summed E-state index contributed by atoms with van der Waals surface area (Å²) in [5.74, 6) is -0.978. The highest BCUT2D eigenvalue weighted by atomic mass is 19.4. The molecule has 2 aliphatic carbocycles. The van der Waals surface area contributed by atoms with Crippen molar-refractivity contribution in [1.29, 1.82) is 0 Å². The zero-order valence-corrected chi connectivity index (χ0v) is 43.1. The van der Waals surface area contributed by atoms with Crippen LogP contribution in [0.5, 0.6) is 0 Å². The number of carbonyl (C=O) groups is 6. The molecule has 2 saturated heterocycles. The average Bonchev–Trinajstić information content (AvgIpc) is 3.90. The molecule has 404 valence electrons. The van der Waals surface area contributed by atoms with Crippen LogP contribution in [0, 0.1) is 17.8 Å². The number of pyridine rings is 1. The van der Waals surface area contributed by atoms with Gasteiger partial charge in [-0.3, -0.25) is 33.8 Å². The topological polar surface area (TPSA) is 220 Å². The van der Waals surface area contributed by atoms with Crippen molar-refractivity contribution in [3.05, 3.63) is 60.2 Å². The van der Waals surface area contributed by atoms with Gasteiger partial charge >= 0.3 is 6.18 Å². The van der Waals surface area contributed by atoms with Gasteiger partial charge in [0, 0.05) is 101 Å². The van der Waals surface area contributed by atoms with Gasteiger partial charge in [-0.25, -0.2) is 9.97 Å². The van der Waals surface area contributed by atoms with Gasteiger partial charge in [0.05, 0.1) is 35.1 Å². The summed E-state index contributed by atoms with van der Waals surface area (Å²) >= 11 is 0. The van der Waals surface area contributed by atoms with Gasteiger partial charge in [-0.1, -0.05) is 6.07 Å². The number of ether oxygens (including phenoxy) is 1. The minimum absolute atomic E-state index is 0.0299. The lowest BCUT2D eigenvalue weighted by Gasteiger charge is -2.45. The molecule has 4 aliphatic rings. The number of alkyl halides is 3. The standard InChI is InChI=1S/C53H74F3N11O7/c1-33(2)65(3)38-17-19-44(67-24-20-42(52(67)73)63-49-39-27-37(53(54,55)56)16-18-41(39)61-32-62-49)43(28-38)64-50(71)35-14-12-34(13-15-35)30-60-46(69)11-5-10-45(68)58-22-7-25-74-26-8-23-59-51(72)40-29-47(70)66(4)48(40)36-9-6-21-57-31-36/h6,9,16,18,21,27,31-35,38,40,42-44,48H,5,7-8,10-15,17,19-20,22-26,28-30H2,1-4H3,(H,58,68)(H,59,72)(H,60,69)(H,64,71)(H,61,62,63)/t34-,35-,38-,40+,42+,43-,44+,48-/m1/s1. The normalized spacial score (nSPS) is 24.4. The summed E-state index contributed by atoms with van der Waals surface area (Å²) < 4.78 is 46.5. The Balaban J connectivity index is 0.761. The first-order valence-corrected chi connectivity index (χ1v) is 26.4. The molecule has 6 amide bonds. The molecule has 0 spiro atoms. The zero-order valence-electron chi connectivity index (χ0n) is 43.1. The number of rotatable bonds is 23. The van der Waals surface area contributed by atoms with Crippen molar-refractivity contribution in [1.82, 2.24) is 50.9 Å². The molecule has 1 aromatic carbocycles. The van der Waals surface area contributed by atoms with Gasteiger partial charge in [-0.05, 0) is 127 Å². The lowest BCUT2D eigenvalue weighted by Crippen LogP contribution is -2.59. The van der Waals surface area contributed by atoms with Gasteiger partial charge in [0.25, 0.3) is 0 Å². The molecule has 18 nitrogen and oxygen atoms in total. The zero-order chi connectivity index (χ0) is 52.9. The summed E-state index contributed by atoms with van der Waals surface area (Å²) in [6.07, 6.45) is 7.88. The van der Waals surface area contributed by atoms with Crippen LogP contribution in [0.15, 0.2) is 49.1 Å². The molecule has 7 rings (SSSR count). The SMILES string of the molecule is CC(C)N(C)[C@@H]1CC[C@H](N2CC[C@H](Nc3ncnc4ccc(C(F)(F)F)cc34)C2=O)[C@H](NC(=O)[C@H]2CC[C@H](CNC(=O)CCCC(=O)NCCCOCCCNC(=O)[C@H]3CC(=O)N(C)[C@@H]3c3cccnc3)CC2)C1. The first kappa shape index (κ1) is 55.8. The Labute approximate surface area is 431 Å². The van der Waals surface area contributed by atoms with Crippen molar-refractivity contribution in [3.63, 3.8) is 0 Å². The van der Waals surface area contributed by atoms with Gasteiger partial charge in [-0.2, -0.15) is 13.2 Å². The minimum atomic E-state index is -4.55. The van der Waals surface area contributed by atoms with Gasteiger partial charge in [0.1, 0.15) is 18.2 Å². The molecule has 2 aromatic heterocycles. The Hall–Kier alpha value is -5.96. The number of hydrogen-bond donors (Lipinski definition) is 5. The number of likely N-dealkylation sites (tertiary alicyclic amines) is 2. The largest absolute Gasteiger partial charge is 0.416 e. The highest BCUT2D eigenvalue weighted by molar-refractivity contribution is 5.93. The summed E-state index contributed by atoms with van der Waals surface area (Å²) in [7, 11) is 3.79. The molecule has 21 heteroatoms. The van der Waals surface area contributed by atoms with Crippen LogP contribution in [0.4, 0.5) is 19.0 Å². The summed E-state index contributed by atoms with van der Waals surface area (Å²) in [6.45, 7) is 6.96. The molecule has 5 N–H and O–H groups in total. The van der Waals surface area contributed by atoms with E-state index in [0.717, 1.165) is 37.0 Å². The molecular weight excluding hydrogens is 960 g/mol. The fourth-order valence-electron chi connectivity index (χ4n) is 11.0. The summed E-state index contributed by atoms with van der Waals surface area (Å²) in [6, 6.07) is 5.86. The van der Waals surface area contributed by atoms with Crippen LogP contribution in [0.25, 0.3) is 10.9 Å². The number of nitrogens with one attached hydrogen (secondary N) is 5. The summed E-state index contributed by atoms with van der Waals surface area (Å²) in [4.78, 5) is 96.8. The number of benzene rings is 1. The maximum absolute atomic E-state index is 14.1. The third kappa shape index (κ3) is 14.7. The van der Waals surface area contributed by atoms with Gasteiger partial charge < -0.3 is 46.0 Å². The van der Waals surface area contributed by atoms with Crippen molar-refractivity contribution in [2.75, 3.05) is 58.8 Å². The van der Waals surface area contributed by atoms with E-state index < -0.39 is 23.7 Å². The molecule has 4 fully saturated rings. The Morgan fingerprint density at radius 2 is 1.61 bits per heavy atom. The van der Waals surface area contributed by atoms with Crippen molar-refractivity contribution in [2.45, 2.75) is 146 Å². The Bertz CT molecular complexity index is 2410. The molecule has 0 bridgehead atoms. The molecule has 4 heterocycles. The number of carbonyl (C=O) groups excluding carboxylic acids is 6. The van der Waals surface area contributed by atoms with Crippen molar-refractivity contribution >= 4 is 52.2 Å². The highest BCUT2D eigenvalue weighted by Gasteiger charge is 2.45. The molecule has 2 aliphatic heterocycles. The Morgan fingerprint density at radius 3 is 2.31 bits per heavy atom. The van der Waals surface area contributed by atoms with E-state index in [1.54, 1.807) is 30.4 Å². The fourth-order valence-corrected chi connectivity index (χ4v) is 11.0. The maximum atomic E-state index is 14.1. The third-order valence-electron chi connectivity index (χ3n) is 15.5. The molecule has 6 atom stereocenters. The molecule has 3 aromatic rings. The second kappa shape index (κ2) is 26.0. The van der Waals surface area contributed by atoms with E-state index >= 15 is 0 Å². The molecular formula is C53H74F3N11O7. The van der Waals surface area contributed by atoms with Crippen LogP contribution in [0.1, 0.15) is 121 Å². The number of fused-ring (bicyclic) bond motifs is 1. The summed E-state index contributed by atoms with van der Waals surface area (Å²) in [5.41, 5.74) is 0.334. The van der Waals surface area contributed by atoms with Gasteiger partial charge in [0.2, 0.25) is 35.4 Å². The van der Waals surface area contributed by atoms with E-state index in [2.05, 4.69) is 67.3 Å². The van der Waals surface area contributed by atoms with Crippen LogP contribution in [-0.2, 0) is 39.7 Å². The predicted octanol–water partition coefficient (Wildman–Crippen LogP) is 5.14. The number of halogens is 3. The maximum Gasteiger partial charge on any atom is 0.416 e. The fraction of sp³-hybridized carbons (Fsp3) is 0.642. The predicted molar refractivity (Wildman–Crippen MR) is 271 cm³/mol. The van der Waals surface area contributed by atoms with Crippen LogP contribution >= 0.6 is 0 Å². The van der Waals surface area contributed by atoms with Gasteiger partial charge in [0.15, 0.2) is 0 Å². The van der Waals surface area contributed by atoms with Crippen LogP contribution in [0.2, 0.25) is 0 Å². The second-order valence-corrected chi connectivity index (χ2v) is 20.8. The van der Waals surface area contributed by atoms with Crippen molar-refractivity contribution in [3.8, 4) is 0 Å². The van der Waals surface area contributed by atoms with E-state index in [0.29, 0.717) is 96.3 Å². The lowest BCUT2D eigenvalue weighted by molar-refractivity contribution is -0.137. The van der Waals surface area contributed by atoms with E-state index in [-0.39, 0.29) is 108 Å². The molecule has 0 radical (unpaired) electrons. The molecule has 74 heavy (non-hydrogen) atoms. The number of nitrogens with zero attached hydrogens (tertiary/aromatic N) is 6. The van der Waals surface area contributed by atoms with Crippen molar-refractivity contribution < 1.29 is 46.7 Å². The first-order valence-electron chi connectivity index (χ1n) is 26.4. The summed E-state index contributed by atoms with van der Waals surface area (Å²) in [5, 5.41) is 15.5. The number of hydrogen-bond acceptors (Lipinski definition) is 12. The second-order valence-electron chi connectivity index (χ2n) is 20.8. The average molecular weight is 1030 g/mol.